The fourth-order valence-electron chi connectivity index (χ4n) is 0. The molecule has 2 N–H and O–H groups in total. The van der Waals surface area contributed by atoms with Crippen LogP contribution in [-0.4, -0.2) is 13.3 Å². The first kappa shape index (κ1) is 10.1. The minimum absolute atomic E-state index is 0. The SMILES string of the molecule is O=S(O)(O)=S.[Pt]. The molecule has 0 heterocycles. The fraction of sp³-hybridized carbons (Fsp3) is 0. The molecule has 0 saturated heterocycles. The molecule has 0 aliphatic rings. The van der Waals surface area contributed by atoms with E-state index in [1.807, 2.05) is 0 Å². The van der Waals surface area contributed by atoms with E-state index in [0.717, 1.165) is 0 Å². The molecule has 0 radical (unpaired) electrons. The van der Waals surface area contributed by atoms with Crippen molar-refractivity contribution in [3.8, 4) is 0 Å². The third kappa shape index (κ3) is 82.3. The first-order chi connectivity index (χ1) is 2.00. The van der Waals surface area contributed by atoms with Crippen molar-refractivity contribution in [3.05, 3.63) is 0 Å². The molecule has 42 valence electrons. The van der Waals surface area contributed by atoms with E-state index in [2.05, 4.69) is 11.2 Å². The van der Waals surface area contributed by atoms with Gasteiger partial charge in [0, 0.05) is 32.3 Å². The van der Waals surface area contributed by atoms with Gasteiger partial charge in [-0.25, -0.2) is 0 Å². The Morgan fingerprint density at radius 2 is 1.50 bits per heavy atom. The molecular weight excluding hydrogens is 307 g/mol. The normalized spacial score (nSPS) is 9.67. The first-order valence-corrected chi connectivity index (χ1v) is 3.10. The quantitative estimate of drug-likeness (QED) is 0.644. The standard InChI is InChI=1S/H2O3S2.Pt/c1-5(2,3)4;/h(H2,1,2,3,4);. The largest absolute Gasteiger partial charge is 0.285 e. The van der Waals surface area contributed by atoms with Crippen LogP contribution in [0.4, 0.5) is 0 Å². The molecule has 0 aliphatic carbocycles. The molecule has 0 saturated carbocycles. The predicted molar refractivity (Wildman–Crippen MR) is 20.8 cm³/mol. The fourth-order valence-corrected chi connectivity index (χ4v) is 0. The van der Waals surface area contributed by atoms with Crippen molar-refractivity contribution in [2.45, 2.75) is 0 Å². The van der Waals surface area contributed by atoms with Crippen molar-refractivity contribution in [1.29, 1.82) is 0 Å². The van der Waals surface area contributed by atoms with Gasteiger partial charge in [0.05, 0.1) is 0 Å². The van der Waals surface area contributed by atoms with Gasteiger partial charge < -0.3 is 0 Å². The van der Waals surface area contributed by atoms with E-state index in [4.69, 9.17) is 13.3 Å². The Labute approximate surface area is 54.7 Å². The molecule has 0 aromatic heterocycles. The maximum absolute atomic E-state index is 9.11. The van der Waals surface area contributed by atoms with Gasteiger partial charge in [0.25, 0.3) is 9.05 Å². The molecular formula is H2O3PtS2. The zero-order valence-corrected chi connectivity index (χ0v) is 6.34. The molecule has 0 atom stereocenters. The summed E-state index contributed by atoms with van der Waals surface area (Å²) in [6, 6.07) is 0. The number of hydrogen-bond acceptors (Lipinski definition) is 2. The molecule has 0 spiro atoms. The van der Waals surface area contributed by atoms with Crippen molar-refractivity contribution >= 4 is 20.2 Å². The Morgan fingerprint density at radius 1 is 1.50 bits per heavy atom. The van der Waals surface area contributed by atoms with Crippen LogP contribution in [0.1, 0.15) is 0 Å². The first-order valence-electron chi connectivity index (χ1n) is 0.698. The molecule has 0 rings (SSSR count). The Balaban J connectivity index is 0. The van der Waals surface area contributed by atoms with Gasteiger partial charge in [-0.05, 0) is 0 Å². The Kier molecular flexibility index (Phi) is 5.10. The summed E-state index contributed by atoms with van der Waals surface area (Å²) in [5, 5.41) is 0. The van der Waals surface area contributed by atoms with Crippen LogP contribution in [0.3, 0.4) is 0 Å². The van der Waals surface area contributed by atoms with Crippen LogP contribution in [-0.2, 0) is 41.3 Å². The monoisotopic (exact) mass is 309 g/mol. The van der Waals surface area contributed by atoms with Crippen LogP contribution in [0, 0.1) is 0 Å². The Bertz CT molecular complexity index is 92.0. The summed E-state index contributed by atoms with van der Waals surface area (Å²) in [5.41, 5.74) is 0. The van der Waals surface area contributed by atoms with Gasteiger partial charge in [0.15, 0.2) is 0 Å². The molecule has 0 bridgehead atoms. The van der Waals surface area contributed by atoms with E-state index in [9.17, 15) is 0 Å². The van der Waals surface area contributed by atoms with E-state index in [-0.39, 0.29) is 21.1 Å². The smallest absolute Gasteiger partial charge is 0.263 e. The minimum Gasteiger partial charge on any atom is -0.285 e. The van der Waals surface area contributed by atoms with Crippen molar-refractivity contribution in [1.82, 2.24) is 0 Å². The van der Waals surface area contributed by atoms with Crippen LogP contribution in [0.15, 0.2) is 0 Å². The Morgan fingerprint density at radius 3 is 1.50 bits per heavy atom. The average molecular weight is 309 g/mol. The van der Waals surface area contributed by atoms with Gasteiger partial charge in [-0.2, -0.15) is 4.21 Å². The number of rotatable bonds is 0. The van der Waals surface area contributed by atoms with Gasteiger partial charge >= 0.3 is 0 Å². The Hall–Kier alpha value is 0.978. The zero-order chi connectivity index (χ0) is 4.50. The van der Waals surface area contributed by atoms with E-state index in [1.54, 1.807) is 0 Å². The summed E-state index contributed by atoms with van der Waals surface area (Å²) >= 11 is 3.47. The second-order valence-corrected chi connectivity index (χ2v) is 2.65. The zero-order valence-electron chi connectivity index (χ0n) is 2.44. The van der Waals surface area contributed by atoms with Gasteiger partial charge in [-0.1, -0.05) is 0 Å². The van der Waals surface area contributed by atoms with Crippen LogP contribution in [0.5, 0.6) is 0 Å². The summed E-state index contributed by atoms with van der Waals surface area (Å²) in [6.07, 6.45) is 0. The van der Waals surface area contributed by atoms with E-state index < -0.39 is 9.05 Å². The molecule has 3 nitrogen and oxygen atoms in total. The van der Waals surface area contributed by atoms with Crippen molar-refractivity contribution < 1.29 is 34.4 Å². The van der Waals surface area contributed by atoms with Gasteiger partial charge in [-0.15, -0.1) is 0 Å². The maximum Gasteiger partial charge on any atom is 0.263 e. The summed E-state index contributed by atoms with van der Waals surface area (Å²) in [7, 11) is -3.83. The van der Waals surface area contributed by atoms with Crippen LogP contribution < -0.4 is 0 Å². The molecule has 0 aromatic rings. The van der Waals surface area contributed by atoms with Crippen LogP contribution in [0.25, 0.3) is 0 Å². The van der Waals surface area contributed by atoms with Gasteiger partial charge in [0.2, 0.25) is 0 Å². The number of hydrogen-bond donors (Lipinski definition) is 2. The summed E-state index contributed by atoms with van der Waals surface area (Å²) < 4.78 is 24.0. The van der Waals surface area contributed by atoms with E-state index >= 15 is 0 Å². The molecule has 0 amide bonds. The van der Waals surface area contributed by atoms with E-state index in [0.29, 0.717) is 0 Å². The van der Waals surface area contributed by atoms with Gasteiger partial charge in [-0.3, -0.25) is 9.11 Å². The van der Waals surface area contributed by atoms with Crippen molar-refractivity contribution in [2.24, 2.45) is 0 Å². The summed E-state index contributed by atoms with van der Waals surface area (Å²) in [5.74, 6) is 0. The summed E-state index contributed by atoms with van der Waals surface area (Å²) in [6.45, 7) is 0. The minimum atomic E-state index is -3.83. The molecule has 0 fully saturated rings. The van der Waals surface area contributed by atoms with Crippen LogP contribution >= 0.6 is 0 Å². The third-order valence-electron chi connectivity index (χ3n) is 0. The topological polar surface area (TPSA) is 57.5 Å². The summed E-state index contributed by atoms with van der Waals surface area (Å²) in [4.78, 5) is 0. The molecule has 0 aliphatic heterocycles. The average Bonchev–Trinajstić information content (AvgIpc) is 0.722. The van der Waals surface area contributed by atoms with Crippen LogP contribution in [0.2, 0.25) is 0 Å². The van der Waals surface area contributed by atoms with E-state index in [1.165, 1.54) is 0 Å². The molecule has 6 heteroatoms. The maximum atomic E-state index is 9.11. The van der Waals surface area contributed by atoms with Crippen molar-refractivity contribution in [3.63, 3.8) is 0 Å². The molecule has 0 aromatic carbocycles. The second kappa shape index (κ2) is 3.04. The van der Waals surface area contributed by atoms with Gasteiger partial charge in [0.1, 0.15) is 0 Å². The second-order valence-electron chi connectivity index (χ2n) is 0.448. The third-order valence-corrected chi connectivity index (χ3v) is 0. The van der Waals surface area contributed by atoms with Crippen molar-refractivity contribution in [2.75, 3.05) is 0 Å². The molecule has 6 heavy (non-hydrogen) atoms. The molecule has 0 unspecified atom stereocenters. The predicted octanol–water partition coefficient (Wildman–Crippen LogP) is -0.324.